The number of rotatable bonds is 8. The average Bonchev–Trinajstić information content (AvgIpc) is 2.66. The quantitative estimate of drug-likeness (QED) is 0.387. The van der Waals surface area contributed by atoms with Gasteiger partial charge in [0.25, 0.3) is 0 Å². The molecule has 8 heteroatoms. The van der Waals surface area contributed by atoms with Crippen molar-refractivity contribution in [2.45, 2.75) is 53.4 Å². The van der Waals surface area contributed by atoms with Crippen LogP contribution in [0.1, 0.15) is 53.4 Å². The molecular formula is C20H34O4Y4-8. The minimum absolute atomic E-state index is 0. The average molecular weight is 694 g/mol. The van der Waals surface area contributed by atoms with Crippen molar-refractivity contribution in [3.05, 3.63) is 34.3 Å². The molecule has 4 nitrogen and oxygen atoms in total. The second-order valence-electron chi connectivity index (χ2n) is 5.34. The first-order valence-electron chi connectivity index (χ1n) is 8.01. The second kappa shape index (κ2) is 48.0. The Morgan fingerprint density at radius 2 is 0.857 bits per heavy atom. The molecule has 0 rings (SSSR count). The van der Waals surface area contributed by atoms with Crippen LogP contribution >= 0.6 is 0 Å². The van der Waals surface area contributed by atoms with Gasteiger partial charge in [-0.25, -0.2) is 32.3 Å². The first-order chi connectivity index (χ1) is 11.2. The van der Waals surface area contributed by atoms with Crippen molar-refractivity contribution < 1.29 is 150 Å². The van der Waals surface area contributed by atoms with Crippen molar-refractivity contribution in [1.82, 2.24) is 0 Å². The summed E-state index contributed by atoms with van der Waals surface area (Å²) in [5, 5.41) is 8.17. The summed E-state index contributed by atoms with van der Waals surface area (Å²) in [7, 11) is 0. The van der Waals surface area contributed by atoms with E-state index >= 15 is 0 Å². The van der Waals surface area contributed by atoms with Crippen LogP contribution < -0.4 is 0 Å². The van der Waals surface area contributed by atoms with Crippen molar-refractivity contribution in [3.63, 3.8) is 0 Å². The Kier molecular flexibility index (Phi) is 90.8. The van der Waals surface area contributed by atoms with Crippen LogP contribution in [-0.4, -0.2) is 24.0 Å². The van der Waals surface area contributed by atoms with Crippen molar-refractivity contribution in [1.29, 1.82) is 0 Å². The first kappa shape index (κ1) is 53.0. The molecule has 4 unspecified atom stereocenters. The maximum atomic E-state index is 9.57. The summed E-state index contributed by atoms with van der Waals surface area (Å²) in [5.41, 5.74) is 0. The zero-order valence-corrected chi connectivity index (χ0v) is 29.4. The topological polar surface area (TPSA) is 71.4 Å². The molecule has 0 saturated heterocycles. The fourth-order valence-corrected chi connectivity index (χ4v) is 0.251. The van der Waals surface area contributed by atoms with Gasteiger partial charge < -0.3 is 47.2 Å². The molecular weight excluding hydrogens is 660 g/mol. The van der Waals surface area contributed by atoms with Gasteiger partial charge in [0.2, 0.25) is 0 Å². The summed E-state index contributed by atoms with van der Waals surface area (Å²) in [6, 6.07) is 0. The number of carbonyl (C=O) groups excluding carboxylic acids is 3. The van der Waals surface area contributed by atoms with E-state index in [-0.39, 0.29) is 155 Å². The number of aliphatic hydroxyl groups is 1. The van der Waals surface area contributed by atoms with E-state index in [9.17, 15) is 14.4 Å². The van der Waals surface area contributed by atoms with Gasteiger partial charge in [-0.2, -0.15) is 23.7 Å². The number of hydrogen-bond acceptors (Lipinski definition) is 4. The van der Waals surface area contributed by atoms with E-state index in [4.69, 9.17) is 5.11 Å². The van der Waals surface area contributed by atoms with Crippen LogP contribution in [0.4, 0.5) is 0 Å². The molecule has 0 bridgehead atoms. The van der Waals surface area contributed by atoms with Crippen molar-refractivity contribution in [3.8, 4) is 0 Å². The van der Waals surface area contributed by atoms with Crippen LogP contribution in [0.3, 0.4) is 0 Å². The molecule has 4 atom stereocenters. The Labute approximate surface area is 276 Å². The van der Waals surface area contributed by atoms with Crippen LogP contribution in [-0.2, 0) is 145 Å². The summed E-state index contributed by atoms with van der Waals surface area (Å²) in [5.74, 6) is 0.310. The standard InChI is InChI=1S/C5H10O.3C5H8O.4Y/c4*1-3-5(2)4-6;;;;/h4-6H,1,3H2,2H3;3*5H,1,3H2,2H3;;;;/q4*-2;;;;. The van der Waals surface area contributed by atoms with E-state index < -0.39 is 0 Å². The molecule has 158 valence electrons. The largest absolute Gasteiger partial charge is 0.566 e. The summed E-state index contributed by atoms with van der Waals surface area (Å²) in [6.45, 7) is 22.5. The van der Waals surface area contributed by atoms with Gasteiger partial charge in [0.05, 0.1) is 0 Å². The molecule has 0 aliphatic rings. The molecule has 0 saturated carbocycles. The zero-order valence-electron chi connectivity index (χ0n) is 18.0. The summed E-state index contributed by atoms with van der Waals surface area (Å²) in [4.78, 5) is 28.7. The van der Waals surface area contributed by atoms with Crippen molar-refractivity contribution in [2.75, 3.05) is 0 Å². The molecule has 0 aromatic heterocycles. The van der Waals surface area contributed by atoms with Crippen LogP contribution in [0, 0.1) is 58.0 Å². The minimum atomic E-state index is 0. The van der Waals surface area contributed by atoms with Gasteiger partial charge in [0.15, 0.2) is 0 Å². The third-order valence-electron chi connectivity index (χ3n) is 2.61. The van der Waals surface area contributed by atoms with Gasteiger partial charge in [-0.15, -0.1) is 0 Å². The van der Waals surface area contributed by atoms with E-state index in [1.54, 1.807) is 39.6 Å². The second-order valence-corrected chi connectivity index (χ2v) is 5.34. The molecule has 1 N–H and O–H groups in total. The third kappa shape index (κ3) is 63.0. The molecule has 28 heavy (non-hydrogen) atoms. The monoisotopic (exact) mass is 694 g/mol. The molecule has 0 aliphatic heterocycles. The van der Waals surface area contributed by atoms with Crippen molar-refractivity contribution >= 4 is 18.9 Å². The van der Waals surface area contributed by atoms with E-state index in [0.29, 0.717) is 19.3 Å². The van der Waals surface area contributed by atoms with Gasteiger partial charge in [-0.1, -0.05) is 27.7 Å². The first-order valence-corrected chi connectivity index (χ1v) is 8.01. The predicted molar refractivity (Wildman–Crippen MR) is 99.9 cm³/mol. The van der Waals surface area contributed by atoms with Gasteiger partial charge in [-0.3, -0.25) is 18.9 Å². The predicted octanol–water partition coefficient (Wildman–Crippen LogP) is 4.24. The molecule has 0 spiro atoms. The number of hydrogen-bond donors (Lipinski definition) is 1. The SMILES string of the molecule is [CH2-]CC(C)[C-]=O.[CH2-]CC(C)[C-]=O.[CH2-]CC(C)[C-]=O.[CH2-]CC(C)[CH-]O.[Y].[Y].[Y].[Y]. The maximum Gasteiger partial charge on any atom is 0 e. The van der Waals surface area contributed by atoms with Crippen LogP contribution in [0.2, 0.25) is 0 Å². The summed E-state index contributed by atoms with van der Waals surface area (Å²) < 4.78 is 0. The Bertz CT molecular complexity index is 233. The molecule has 0 amide bonds. The van der Waals surface area contributed by atoms with Gasteiger partial charge in [0.1, 0.15) is 0 Å². The fourth-order valence-electron chi connectivity index (χ4n) is 0.251. The Hall–Kier alpha value is 3.39. The molecule has 4 radical (unpaired) electrons. The van der Waals surface area contributed by atoms with Crippen LogP contribution in [0.15, 0.2) is 0 Å². The minimum Gasteiger partial charge on any atom is -0.566 e. The third-order valence-corrected chi connectivity index (χ3v) is 2.61. The normalized spacial score (nSPS) is 11.9. The van der Waals surface area contributed by atoms with E-state index in [1.165, 1.54) is 0 Å². The molecule has 0 fully saturated rings. The van der Waals surface area contributed by atoms with E-state index in [0.717, 1.165) is 13.0 Å². The Morgan fingerprint density at radius 3 is 0.857 bits per heavy atom. The Balaban J connectivity index is -0.0000000303. The fraction of sp³-hybridized carbons (Fsp3) is 0.600. The molecule has 0 heterocycles. The van der Waals surface area contributed by atoms with Gasteiger partial charge in [0, 0.05) is 131 Å². The summed E-state index contributed by atoms with van der Waals surface area (Å²) in [6.07, 6.45) is 8.15. The van der Waals surface area contributed by atoms with Crippen LogP contribution in [0.25, 0.3) is 0 Å². The van der Waals surface area contributed by atoms with Gasteiger partial charge in [-0.05, 0) is 0 Å². The molecule has 0 aromatic carbocycles. The van der Waals surface area contributed by atoms with Crippen molar-refractivity contribution in [2.24, 2.45) is 23.7 Å². The smallest absolute Gasteiger partial charge is 0 e. The number of aliphatic hydroxyl groups excluding tert-OH is 1. The van der Waals surface area contributed by atoms with E-state index in [1.807, 2.05) is 6.92 Å². The Morgan fingerprint density at radius 1 is 0.643 bits per heavy atom. The zero-order chi connectivity index (χ0) is 20.0. The van der Waals surface area contributed by atoms with E-state index in [2.05, 4.69) is 27.7 Å². The summed E-state index contributed by atoms with van der Waals surface area (Å²) >= 11 is 0. The maximum absolute atomic E-state index is 9.57. The molecule has 0 aliphatic carbocycles. The van der Waals surface area contributed by atoms with Crippen LogP contribution in [0.5, 0.6) is 0 Å². The molecule has 0 aromatic rings. The van der Waals surface area contributed by atoms with Gasteiger partial charge >= 0.3 is 0 Å².